The van der Waals surface area contributed by atoms with Gasteiger partial charge in [0.15, 0.2) is 0 Å². The molecular weight excluding hydrogens is 252 g/mol. The number of alkyl halides is 1. The minimum absolute atomic E-state index is 0.334. The van der Waals surface area contributed by atoms with E-state index in [9.17, 15) is 8.42 Å². The summed E-state index contributed by atoms with van der Waals surface area (Å²) in [5.41, 5.74) is 0.334. The molecule has 0 bridgehead atoms. The van der Waals surface area contributed by atoms with E-state index in [1.807, 2.05) is 6.92 Å². The van der Waals surface area contributed by atoms with E-state index in [4.69, 9.17) is 0 Å². The number of rotatable bonds is 6. The quantitative estimate of drug-likeness (QED) is 0.694. The highest BCUT2D eigenvalue weighted by Crippen LogP contribution is 2.50. The molecule has 0 unspecified atom stereocenters. The number of sulfone groups is 1. The standard InChI is InChI=1S/C9H17BrO2S/c1-2-6-13(11,12)7-5-9(8-10)3-4-9/h2-8H2,1H3. The Morgan fingerprint density at radius 1 is 1.31 bits per heavy atom. The van der Waals surface area contributed by atoms with Crippen molar-refractivity contribution in [3.63, 3.8) is 0 Å². The first-order valence-electron chi connectivity index (χ1n) is 4.80. The van der Waals surface area contributed by atoms with Crippen LogP contribution < -0.4 is 0 Å². The molecule has 0 aromatic carbocycles. The molecule has 13 heavy (non-hydrogen) atoms. The number of halogens is 1. The highest BCUT2D eigenvalue weighted by Gasteiger charge is 2.41. The lowest BCUT2D eigenvalue weighted by Gasteiger charge is -2.10. The summed E-state index contributed by atoms with van der Waals surface area (Å²) in [5, 5.41) is 0.960. The van der Waals surface area contributed by atoms with E-state index in [0.29, 0.717) is 16.9 Å². The monoisotopic (exact) mass is 268 g/mol. The maximum atomic E-state index is 11.4. The molecule has 78 valence electrons. The molecule has 1 rings (SSSR count). The van der Waals surface area contributed by atoms with Crippen LogP contribution >= 0.6 is 15.9 Å². The Morgan fingerprint density at radius 2 is 1.92 bits per heavy atom. The molecule has 0 N–H and O–H groups in total. The van der Waals surface area contributed by atoms with Gasteiger partial charge < -0.3 is 0 Å². The van der Waals surface area contributed by atoms with Crippen LogP contribution in [0.15, 0.2) is 0 Å². The van der Waals surface area contributed by atoms with Crippen molar-refractivity contribution in [2.45, 2.75) is 32.6 Å². The van der Waals surface area contributed by atoms with E-state index >= 15 is 0 Å². The third-order valence-corrected chi connectivity index (χ3v) is 5.74. The molecule has 1 aliphatic rings. The van der Waals surface area contributed by atoms with Gasteiger partial charge in [0.25, 0.3) is 0 Å². The first-order chi connectivity index (χ1) is 6.04. The van der Waals surface area contributed by atoms with Gasteiger partial charge in [-0.15, -0.1) is 0 Å². The second kappa shape index (κ2) is 4.30. The fourth-order valence-corrected chi connectivity index (χ4v) is 3.82. The van der Waals surface area contributed by atoms with Crippen LogP contribution in [-0.2, 0) is 9.84 Å². The lowest BCUT2D eigenvalue weighted by atomic mass is 10.1. The van der Waals surface area contributed by atoms with Crippen molar-refractivity contribution in [1.29, 1.82) is 0 Å². The Morgan fingerprint density at radius 3 is 2.31 bits per heavy atom. The second-order valence-corrected chi connectivity index (χ2v) is 6.90. The van der Waals surface area contributed by atoms with Crippen molar-refractivity contribution < 1.29 is 8.42 Å². The highest BCUT2D eigenvalue weighted by atomic mass is 79.9. The van der Waals surface area contributed by atoms with Crippen molar-refractivity contribution in [3.05, 3.63) is 0 Å². The van der Waals surface area contributed by atoms with Crippen LogP contribution in [0.3, 0.4) is 0 Å². The fourth-order valence-electron chi connectivity index (χ4n) is 1.41. The van der Waals surface area contributed by atoms with Crippen LogP contribution in [-0.4, -0.2) is 25.3 Å². The molecule has 0 spiro atoms. The van der Waals surface area contributed by atoms with Gasteiger partial charge in [0, 0.05) is 11.1 Å². The molecule has 1 saturated carbocycles. The molecule has 1 fully saturated rings. The topological polar surface area (TPSA) is 34.1 Å². The Labute approximate surface area is 89.1 Å². The Balaban J connectivity index is 2.33. The summed E-state index contributed by atoms with van der Waals surface area (Å²) >= 11 is 3.45. The molecule has 0 aromatic rings. The van der Waals surface area contributed by atoms with Crippen LogP contribution in [0.5, 0.6) is 0 Å². The number of hydrogen-bond acceptors (Lipinski definition) is 2. The first kappa shape index (κ1) is 11.5. The second-order valence-electron chi connectivity index (χ2n) is 4.04. The summed E-state index contributed by atoms with van der Waals surface area (Å²) < 4.78 is 22.8. The largest absolute Gasteiger partial charge is 0.229 e. The van der Waals surface area contributed by atoms with Gasteiger partial charge in [-0.25, -0.2) is 8.42 Å². The van der Waals surface area contributed by atoms with E-state index in [0.717, 1.165) is 18.2 Å². The lowest BCUT2D eigenvalue weighted by Crippen LogP contribution is -2.15. The van der Waals surface area contributed by atoms with E-state index in [2.05, 4.69) is 15.9 Å². The van der Waals surface area contributed by atoms with Gasteiger partial charge in [0.05, 0.1) is 5.75 Å². The van der Waals surface area contributed by atoms with Crippen LogP contribution in [0.1, 0.15) is 32.6 Å². The maximum Gasteiger partial charge on any atom is 0.150 e. The Hall–Kier alpha value is 0.430. The van der Waals surface area contributed by atoms with E-state index in [1.165, 1.54) is 12.8 Å². The van der Waals surface area contributed by atoms with Gasteiger partial charge in [-0.3, -0.25) is 0 Å². The van der Waals surface area contributed by atoms with Gasteiger partial charge in [-0.2, -0.15) is 0 Å². The smallest absolute Gasteiger partial charge is 0.150 e. The highest BCUT2D eigenvalue weighted by molar-refractivity contribution is 9.09. The molecular formula is C9H17BrO2S. The molecule has 0 amide bonds. The van der Waals surface area contributed by atoms with Crippen molar-refractivity contribution in [2.24, 2.45) is 5.41 Å². The zero-order valence-electron chi connectivity index (χ0n) is 8.05. The average Bonchev–Trinajstić information content (AvgIpc) is 2.82. The first-order valence-corrected chi connectivity index (χ1v) is 7.74. The van der Waals surface area contributed by atoms with Crippen molar-refractivity contribution in [3.8, 4) is 0 Å². The SMILES string of the molecule is CCCS(=O)(=O)CCC1(CBr)CC1. The van der Waals surface area contributed by atoms with E-state index in [1.54, 1.807) is 0 Å². The molecule has 0 aromatic heterocycles. The maximum absolute atomic E-state index is 11.4. The Bertz CT molecular complexity index is 255. The molecule has 1 aliphatic carbocycles. The minimum Gasteiger partial charge on any atom is -0.229 e. The Kier molecular flexibility index (Phi) is 3.81. The molecule has 0 radical (unpaired) electrons. The van der Waals surface area contributed by atoms with Gasteiger partial charge >= 0.3 is 0 Å². The van der Waals surface area contributed by atoms with Gasteiger partial charge in [0.2, 0.25) is 0 Å². The summed E-state index contributed by atoms with van der Waals surface area (Å²) in [6.45, 7) is 1.91. The third-order valence-electron chi connectivity index (χ3n) is 2.70. The van der Waals surface area contributed by atoms with Crippen molar-refractivity contribution in [1.82, 2.24) is 0 Å². The van der Waals surface area contributed by atoms with Crippen LogP contribution in [0.4, 0.5) is 0 Å². The molecule has 2 nitrogen and oxygen atoms in total. The van der Waals surface area contributed by atoms with Gasteiger partial charge in [0.1, 0.15) is 9.84 Å². The molecule has 0 aliphatic heterocycles. The number of hydrogen-bond donors (Lipinski definition) is 0. The summed E-state index contributed by atoms with van der Waals surface area (Å²) in [6, 6.07) is 0. The van der Waals surface area contributed by atoms with Gasteiger partial charge in [-0.1, -0.05) is 22.9 Å². The van der Waals surface area contributed by atoms with E-state index < -0.39 is 9.84 Å². The third kappa shape index (κ3) is 3.58. The van der Waals surface area contributed by atoms with Gasteiger partial charge in [-0.05, 0) is 31.1 Å². The minimum atomic E-state index is -2.76. The summed E-state index contributed by atoms with van der Waals surface area (Å²) in [7, 11) is -2.76. The molecule has 0 heterocycles. The zero-order chi connectivity index (χ0) is 9.95. The summed E-state index contributed by atoms with van der Waals surface area (Å²) in [5.74, 6) is 0.734. The fraction of sp³-hybridized carbons (Fsp3) is 1.00. The van der Waals surface area contributed by atoms with Crippen LogP contribution in [0.2, 0.25) is 0 Å². The molecule has 0 saturated heterocycles. The lowest BCUT2D eigenvalue weighted by molar-refractivity contribution is 0.545. The molecule has 4 heteroatoms. The normalized spacial score (nSPS) is 20.2. The summed E-state index contributed by atoms with van der Waals surface area (Å²) in [4.78, 5) is 0. The zero-order valence-corrected chi connectivity index (χ0v) is 10.5. The van der Waals surface area contributed by atoms with Crippen LogP contribution in [0, 0.1) is 5.41 Å². The van der Waals surface area contributed by atoms with Crippen molar-refractivity contribution >= 4 is 25.8 Å². The van der Waals surface area contributed by atoms with Crippen LogP contribution in [0.25, 0.3) is 0 Å². The predicted octanol–water partition coefficient (Wildman–Crippen LogP) is 2.38. The molecule has 0 atom stereocenters. The predicted molar refractivity (Wildman–Crippen MR) is 59.0 cm³/mol. The van der Waals surface area contributed by atoms with E-state index in [-0.39, 0.29) is 0 Å². The summed E-state index contributed by atoms with van der Waals surface area (Å²) in [6.07, 6.45) is 3.98. The van der Waals surface area contributed by atoms with Crippen molar-refractivity contribution in [2.75, 3.05) is 16.8 Å². The average molecular weight is 269 g/mol.